The number of ether oxygens (including phenoxy) is 1. The summed E-state index contributed by atoms with van der Waals surface area (Å²) in [4.78, 5) is 28.9. The van der Waals surface area contributed by atoms with E-state index in [4.69, 9.17) is 27.9 Å². The molecule has 1 aliphatic heterocycles. The molecule has 8 nitrogen and oxygen atoms in total. The number of nitrogens with zero attached hydrogens (tertiary/aromatic N) is 2. The molecule has 0 atom stereocenters. The Balaban J connectivity index is 1.66. The third-order valence-electron chi connectivity index (χ3n) is 7.06. The first-order chi connectivity index (χ1) is 20.4. The molecular weight excluding hydrogens is 642 g/mol. The molecule has 1 N–H and O–H groups in total. The van der Waals surface area contributed by atoms with Gasteiger partial charge in [-0.1, -0.05) is 30.1 Å². The van der Waals surface area contributed by atoms with Crippen molar-refractivity contribution in [2.45, 2.75) is 70.3 Å². The number of hydrogen-bond donors (Lipinski definition) is 1. The zero-order valence-corrected chi connectivity index (χ0v) is 27.5. The summed E-state index contributed by atoms with van der Waals surface area (Å²) >= 11 is 12.4. The summed E-state index contributed by atoms with van der Waals surface area (Å²) in [7, 11) is -3.63. The van der Waals surface area contributed by atoms with Crippen molar-refractivity contribution in [3.05, 3.63) is 62.6 Å². The van der Waals surface area contributed by atoms with E-state index >= 15 is 0 Å². The number of piperazine rings is 1. The lowest BCUT2D eigenvalue weighted by molar-refractivity contribution is -0.155. The molecule has 0 aliphatic carbocycles. The van der Waals surface area contributed by atoms with Crippen molar-refractivity contribution in [2.75, 3.05) is 38.5 Å². The van der Waals surface area contributed by atoms with E-state index < -0.39 is 33.1 Å². The number of esters is 1. The molecule has 0 aromatic heterocycles. The normalized spacial score (nSPS) is 15.3. The first-order valence-corrected chi connectivity index (χ1v) is 16.7. The van der Waals surface area contributed by atoms with Crippen LogP contribution in [0, 0.1) is 0 Å². The number of amides is 1. The number of benzene rings is 2. The monoisotopic (exact) mass is 679 g/mol. The van der Waals surface area contributed by atoms with Gasteiger partial charge in [0, 0.05) is 61.3 Å². The summed E-state index contributed by atoms with van der Waals surface area (Å²) in [5.41, 5.74) is -1.76. The van der Waals surface area contributed by atoms with Crippen LogP contribution in [-0.2, 0) is 38.6 Å². The van der Waals surface area contributed by atoms with Gasteiger partial charge in [0.15, 0.2) is 9.84 Å². The summed E-state index contributed by atoms with van der Waals surface area (Å²) in [6, 6.07) is 6.10. The van der Waals surface area contributed by atoms with Crippen molar-refractivity contribution in [2.24, 2.45) is 0 Å². The Hall–Kier alpha value is -2.38. The molecule has 0 unspecified atom stereocenters. The van der Waals surface area contributed by atoms with E-state index in [1.807, 2.05) is 25.7 Å². The van der Waals surface area contributed by atoms with Crippen LogP contribution in [-0.4, -0.2) is 74.2 Å². The van der Waals surface area contributed by atoms with Gasteiger partial charge >= 0.3 is 12.1 Å². The van der Waals surface area contributed by atoms with Crippen molar-refractivity contribution >= 4 is 44.9 Å². The summed E-state index contributed by atoms with van der Waals surface area (Å²) in [6.45, 7) is 9.50. The summed E-state index contributed by atoms with van der Waals surface area (Å²) in [6.07, 6.45) is -3.86. The molecule has 1 saturated heterocycles. The van der Waals surface area contributed by atoms with Crippen LogP contribution in [0.15, 0.2) is 35.2 Å². The fraction of sp³-hybridized carbons (Fsp3) is 0.533. The number of alkyl halides is 3. The van der Waals surface area contributed by atoms with Crippen molar-refractivity contribution in [1.29, 1.82) is 0 Å². The molecule has 0 spiro atoms. The first-order valence-electron chi connectivity index (χ1n) is 14.2. The van der Waals surface area contributed by atoms with Crippen molar-refractivity contribution in [1.82, 2.24) is 15.1 Å². The molecule has 244 valence electrons. The lowest BCUT2D eigenvalue weighted by Crippen LogP contribution is -2.46. The molecule has 1 fully saturated rings. The Labute approximate surface area is 266 Å². The van der Waals surface area contributed by atoms with E-state index in [9.17, 15) is 31.2 Å². The average Bonchev–Trinajstić information content (AvgIpc) is 2.91. The SMILES string of the molecule is CCS(=O)(=O)c1ccc(Cl)cc1CNC(=O)c1cc(Cl)c(CN2CCN(CCCC(=O)OC(C)(C)C)CC2)c(C(F)(F)F)c1. The van der Waals surface area contributed by atoms with E-state index in [1.54, 1.807) is 0 Å². The molecule has 1 heterocycles. The molecule has 0 bridgehead atoms. The van der Waals surface area contributed by atoms with Gasteiger partial charge in [0.05, 0.1) is 16.2 Å². The van der Waals surface area contributed by atoms with Gasteiger partial charge in [-0.15, -0.1) is 0 Å². The van der Waals surface area contributed by atoms with Crippen LogP contribution < -0.4 is 5.32 Å². The standard InChI is InChI=1S/C30H38Cl2F3N3O5S/c1-5-44(41,42)26-9-8-22(31)15-21(26)18-36-28(40)20-16-24(30(33,34)35)23(25(32)17-20)19-38-13-11-37(12-14-38)10-6-7-27(39)43-29(2,3)4/h8-9,15-17H,5-7,10-14,18-19H2,1-4H3,(H,36,40). The number of nitrogens with one attached hydrogen (secondary N) is 1. The molecular formula is C30H38Cl2F3N3O5S. The van der Waals surface area contributed by atoms with Gasteiger partial charge in [-0.3, -0.25) is 14.5 Å². The Bertz CT molecular complexity index is 1460. The highest BCUT2D eigenvalue weighted by Crippen LogP contribution is 2.37. The van der Waals surface area contributed by atoms with Crippen LogP contribution in [0.1, 0.15) is 67.6 Å². The summed E-state index contributed by atoms with van der Waals surface area (Å²) in [5.74, 6) is -1.28. The van der Waals surface area contributed by atoms with Gasteiger partial charge in [-0.05, 0) is 75.2 Å². The predicted octanol–water partition coefficient (Wildman–Crippen LogP) is 5.98. The lowest BCUT2D eigenvalue weighted by atomic mass is 10.0. The first kappa shape index (κ1) is 36.1. The third kappa shape index (κ3) is 10.3. The quantitative estimate of drug-likeness (QED) is 0.292. The average molecular weight is 681 g/mol. The molecule has 0 saturated carbocycles. The molecule has 44 heavy (non-hydrogen) atoms. The number of carbonyl (C=O) groups is 2. The Morgan fingerprint density at radius 2 is 1.64 bits per heavy atom. The van der Waals surface area contributed by atoms with Gasteiger partial charge in [-0.25, -0.2) is 8.42 Å². The summed E-state index contributed by atoms with van der Waals surface area (Å²) < 4.78 is 72.8. The van der Waals surface area contributed by atoms with E-state index in [0.29, 0.717) is 45.6 Å². The molecule has 1 amide bonds. The van der Waals surface area contributed by atoms with Crippen molar-refractivity contribution in [3.63, 3.8) is 0 Å². The number of halogens is 5. The minimum Gasteiger partial charge on any atom is -0.460 e. The largest absolute Gasteiger partial charge is 0.460 e. The van der Waals surface area contributed by atoms with E-state index in [2.05, 4.69) is 10.2 Å². The number of rotatable bonds is 11. The Morgan fingerprint density at radius 3 is 2.23 bits per heavy atom. The van der Waals surface area contributed by atoms with Crippen molar-refractivity contribution < 1.29 is 35.9 Å². The zero-order chi connectivity index (χ0) is 32.9. The zero-order valence-electron chi connectivity index (χ0n) is 25.2. The van der Waals surface area contributed by atoms with Gasteiger partial charge in [0.1, 0.15) is 5.60 Å². The highest BCUT2D eigenvalue weighted by atomic mass is 35.5. The summed E-state index contributed by atoms with van der Waals surface area (Å²) in [5, 5.41) is 2.55. The fourth-order valence-electron chi connectivity index (χ4n) is 4.84. The van der Waals surface area contributed by atoms with Crippen LogP contribution in [0.2, 0.25) is 10.0 Å². The topological polar surface area (TPSA) is 96.0 Å². The van der Waals surface area contributed by atoms with Crippen LogP contribution in [0.5, 0.6) is 0 Å². The second kappa shape index (κ2) is 14.8. The third-order valence-corrected chi connectivity index (χ3v) is 9.46. The maximum Gasteiger partial charge on any atom is 0.416 e. The van der Waals surface area contributed by atoms with Crippen LogP contribution in [0.3, 0.4) is 0 Å². The lowest BCUT2D eigenvalue weighted by Gasteiger charge is -2.35. The van der Waals surface area contributed by atoms with Gasteiger partial charge in [-0.2, -0.15) is 13.2 Å². The van der Waals surface area contributed by atoms with Crippen molar-refractivity contribution in [3.8, 4) is 0 Å². The molecule has 0 radical (unpaired) electrons. The predicted molar refractivity (Wildman–Crippen MR) is 164 cm³/mol. The second-order valence-electron chi connectivity index (χ2n) is 11.6. The van der Waals surface area contributed by atoms with E-state index in [-0.39, 0.29) is 56.4 Å². The Morgan fingerprint density at radius 1 is 1.00 bits per heavy atom. The van der Waals surface area contributed by atoms with E-state index in [0.717, 1.165) is 6.07 Å². The van der Waals surface area contributed by atoms with Gasteiger partial charge < -0.3 is 15.0 Å². The maximum absolute atomic E-state index is 14.2. The van der Waals surface area contributed by atoms with Crippen LogP contribution in [0.25, 0.3) is 0 Å². The molecule has 3 rings (SSSR count). The van der Waals surface area contributed by atoms with Gasteiger partial charge in [0.2, 0.25) is 0 Å². The van der Waals surface area contributed by atoms with Crippen LogP contribution >= 0.6 is 23.2 Å². The molecule has 14 heteroatoms. The fourth-order valence-corrected chi connectivity index (χ4v) is 6.43. The molecule has 2 aromatic rings. The molecule has 1 aliphatic rings. The van der Waals surface area contributed by atoms with Crippen LogP contribution in [0.4, 0.5) is 13.2 Å². The number of carbonyl (C=O) groups excluding carboxylic acids is 2. The van der Waals surface area contributed by atoms with E-state index in [1.165, 1.54) is 31.2 Å². The minimum atomic E-state index is -4.77. The Kier molecular flexibility index (Phi) is 12.1. The smallest absolute Gasteiger partial charge is 0.416 e. The highest BCUT2D eigenvalue weighted by Gasteiger charge is 2.36. The minimum absolute atomic E-state index is 0.0165. The second-order valence-corrected chi connectivity index (χ2v) is 14.7. The maximum atomic E-state index is 14.2. The molecule has 2 aromatic carbocycles. The number of sulfone groups is 1. The number of hydrogen-bond acceptors (Lipinski definition) is 7. The highest BCUT2D eigenvalue weighted by molar-refractivity contribution is 7.91. The van der Waals surface area contributed by atoms with Gasteiger partial charge in [0.25, 0.3) is 5.91 Å².